The number of benzene rings is 1. The first kappa shape index (κ1) is 18.8. The average Bonchev–Trinajstić information content (AvgIpc) is 2.73. The minimum atomic E-state index is -1.16. The molecule has 1 amide bonds. The van der Waals surface area contributed by atoms with Crippen LogP contribution >= 0.6 is 0 Å². The van der Waals surface area contributed by atoms with Gasteiger partial charge in [0.1, 0.15) is 17.1 Å². The van der Waals surface area contributed by atoms with Gasteiger partial charge in [0.05, 0.1) is 7.11 Å². The van der Waals surface area contributed by atoms with E-state index in [2.05, 4.69) is 10.3 Å². The van der Waals surface area contributed by atoms with E-state index in [0.29, 0.717) is 19.8 Å². The van der Waals surface area contributed by atoms with Gasteiger partial charge in [-0.2, -0.15) is 0 Å². The minimum absolute atomic E-state index is 0.0897. The number of hydrogen-bond acceptors (Lipinski definition) is 5. The summed E-state index contributed by atoms with van der Waals surface area (Å²) >= 11 is 0. The number of carboxylic acids is 1. The van der Waals surface area contributed by atoms with Gasteiger partial charge < -0.3 is 19.9 Å². The Labute approximate surface area is 157 Å². The second-order valence-corrected chi connectivity index (χ2v) is 6.52. The maximum Gasteiger partial charge on any atom is 0.354 e. The van der Waals surface area contributed by atoms with Gasteiger partial charge in [0, 0.05) is 25.2 Å². The summed E-state index contributed by atoms with van der Waals surface area (Å²) in [6.45, 7) is 1.66. The van der Waals surface area contributed by atoms with Crippen molar-refractivity contribution in [2.45, 2.75) is 18.3 Å². The van der Waals surface area contributed by atoms with Crippen molar-refractivity contribution < 1.29 is 24.2 Å². The molecule has 2 aromatic rings. The van der Waals surface area contributed by atoms with Crippen LogP contribution in [0.4, 0.5) is 0 Å². The Morgan fingerprint density at radius 2 is 1.81 bits per heavy atom. The SMILES string of the molecule is COc1ccc(C2(CNC(=O)c3cccc(C(=O)O)n3)CCOCC2)cc1. The van der Waals surface area contributed by atoms with Crippen LogP contribution in [0.25, 0.3) is 0 Å². The molecule has 0 radical (unpaired) electrons. The molecule has 1 aliphatic rings. The molecule has 142 valence electrons. The predicted molar refractivity (Wildman–Crippen MR) is 98.3 cm³/mol. The molecule has 0 saturated carbocycles. The van der Waals surface area contributed by atoms with Crippen molar-refractivity contribution in [1.82, 2.24) is 10.3 Å². The van der Waals surface area contributed by atoms with Crippen LogP contribution < -0.4 is 10.1 Å². The van der Waals surface area contributed by atoms with Gasteiger partial charge >= 0.3 is 5.97 Å². The number of aromatic carboxylic acids is 1. The van der Waals surface area contributed by atoms with Crippen molar-refractivity contribution >= 4 is 11.9 Å². The second-order valence-electron chi connectivity index (χ2n) is 6.52. The lowest BCUT2D eigenvalue weighted by Gasteiger charge is -2.38. The number of carbonyl (C=O) groups is 2. The lowest BCUT2D eigenvalue weighted by Crippen LogP contribution is -2.44. The third-order valence-electron chi connectivity index (χ3n) is 4.94. The van der Waals surface area contributed by atoms with E-state index in [1.807, 2.05) is 24.3 Å². The van der Waals surface area contributed by atoms with E-state index < -0.39 is 11.9 Å². The number of amides is 1. The van der Waals surface area contributed by atoms with Crippen LogP contribution in [0.5, 0.6) is 5.75 Å². The molecule has 7 heteroatoms. The van der Waals surface area contributed by atoms with Gasteiger partial charge in [-0.15, -0.1) is 0 Å². The molecule has 2 heterocycles. The zero-order valence-corrected chi connectivity index (χ0v) is 15.1. The summed E-state index contributed by atoms with van der Waals surface area (Å²) < 4.78 is 10.7. The van der Waals surface area contributed by atoms with Crippen molar-refractivity contribution in [2.24, 2.45) is 0 Å². The van der Waals surface area contributed by atoms with Gasteiger partial charge in [0.25, 0.3) is 5.91 Å². The maximum absolute atomic E-state index is 12.5. The monoisotopic (exact) mass is 370 g/mol. The molecule has 0 spiro atoms. The Morgan fingerprint density at radius 1 is 1.15 bits per heavy atom. The zero-order valence-electron chi connectivity index (χ0n) is 15.1. The van der Waals surface area contributed by atoms with E-state index in [9.17, 15) is 9.59 Å². The molecule has 7 nitrogen and oxygen atoms in total. The van der Waals surface area contributed by atoms with Crippen molar-refractivity contribution in [3.8, 4) is 5.75 Å². The summed E-state index contributed by atoms with van der Waals surface area (Å²) in [6, 6.07) is 12.2. The lowest BCUT2D eigenvalue weighted by molar-refractivity contribution is 0.0486. The molecular formula is C20H22N2O5. The van der Waals surface area contributed by atoms with Crippen molar-refractivity contribution in [3.63, 3.8) is 0 Å². The first-order chi connectivity index (χ1) is 13.0. The highest BCUT2D eigenvalue weighted by Crippen LogP contribution is 2.35. The van der Waals surface area contributed by atoms with E-state index in [-0.39, 0.29) is 16.8 Å². The van der Waals surface area contributed by atoms with Crippen LogP contribution in [0.2, 0.25) is 0 Å². The number of carboxylic acid groups (broad SMARTS) is 1. The number of hydrogen-bond donors (Lipinski definition) is 2. The van der Waals surface area contributed by atoms with Gasteiger partial charge in [0.2, 0.25) is 0 Å². The van der Waals surface area contributed by atoms with Crippen LogP contribution in [-0.2, 0) is 10.2 Å². The first-order valence-corrected chi connectivity index (χ1v) is 8.75. The number of carbonyl (C=O) groups excluding carboxylic acids is 1. The highest BCUT2D eigenvalue weighted by Gasteiger charge is 2.35. The Bertz CT molecular complexity index is 813. The lowest BCUT2D eigenvalue weighted by atomic mass is 9.74. The molecule has 0 atom stereocenters. The summed E-state index contributed by atoms with van der Waals surface area (Å²) in [6.07, 6.45) is 1.56. The van der Waals surface area contributed by atoms with Crippen LogP contribution in [0.3, 0.4) is 0 Å². The Hall–Kier alpha value is -2.93. The molecule has 1 aliphatic heterocycles. The molecule has 2 N–H and O–H groups in total. The molecule has 1 aromatic heterocycles. The van der Waals surface area contributed by atoms with Crippen molar-refractivity contribution in [1.29, 1.82) is 0 Å². The van der Waals surface area contributed by atoms with E-state index in [1.54, 1.807) is 7.11 Å². The number of methoxy groups -OCH3 is 1. The van der Waals surface area contributed by atoms with Crippen LogP contribution in [0.15, 0.2) is 42.5 Å². The molecule has 0 aliphatic carbocycles. The summed E-state index contributed by atoms with van der Waals surface area (Å²) in [4.78, 5) is 27.5. The van der Waals surface area contributed by atoms with E-state index >= 15 is 0 Å². The number of aromatic nitrogens is 1. The predicted octanol–water partition coefficient (Wildman–Crippen LogP) is 2.27. The average molecular weight is 370 g/mol. The molecule has 0 unspecified atom stereocenters. The molecule has 27 heavy (non-hydrogen) atoms. The minimum Gasteiger partial charge on any atom is -0.497 e. The third kappa shape index (κ3) is 4.25. The second kappa shape index (κ2) is 8.18. The maximum atomic E-state index is 12.5. The zero-order chi connectivity index (χ0) is 19.3. The van der Waals surface area contributed by atoms with Crippen LogP contribution in [0.1, 0.15) is 39.4 Å². The standard InChI is InChI=1S/C20H22N2O5/c1-26-15-7-5-14(6-8-15)20(9-11-27-12-10-20)13-21-18(23)16-3-2-4-17(22-16)19(24)25/h2-8H,9-13H2,1H3,(H,21,23)(H,24,25). The molecule has 0 bridgehead atoms. The number of pyridine rings is 1. The van der Waals surface area contributed by atoms with Gasteiger partial charge in [-0.05, 0) is 42.7 Å². The fourth-order valence-corrected chi connectivity index (χ4v) is 3.29. The number of nitrogens with one attached hydrogen (secondary N) is 1. The Kier molecular flexibility index (Phi) is 5.71. The smallest absolute Gasteiger partial charge is 0.354 e. The fourth-order valence-electron chi connectivity index (χ4n) is 3.29. The normalized spacial score (nSPS) is 15.7. The summed E-state index contributed by atoms with van der Waals surface area (Å²) in [7, 11) is 1.62. The van der Waals surface area contributed by atoms with Crippen LogP contribution in [-0.4, -0.2) is 48.8 Å². The molecule has 1 fully saturated rings. The third-order valence-corrected chi connectivity index (χ3v) is 4.94. The van der Waals surface area contributed by atoms with E-state index in [1.165, 1.54) is 18.2 Å². The van der Waals surface area contributed by atoms with Crippen molar-refractivity contribution in [2.75, 3.05) is 26.9 Å². The van der Waals surface area contributed by atoms with E-state index in [4.69, 9.17) is 14.6 Å². The quantitative estimate of drug-likeness (QED) is 0.809. The Morgan fingerprint density at radius 3 is 2.44 bits per heavy atom. The van der Waals surface area contributed by atoms with Gasteiger partial charge in [-0.1, -0.05) is 18.2 Å². The number of nitrogens with zero attached hydrogens (tertiary/aromatic N) is 1. The number of rotatable bonds is 6. The fraction of sp³-hybridized carbons (Fsp3) is 0.350. The summed E-state index contributed by atoms with van der Waals surface area (Å²) in [5.74, 6) is -0.777. The van der Waals surface area contributed by atoms with Crippen LogP contribution in [0, 0.1) is 0 Å². The highest BCUT2D eigenvalue weighted by molar-refractivity contribution is 5.94. The van der Waals surface area contributed by atoms with E-state index in [0.717, 1.165) is 24.2 Å². The summed E-state index contributed by atoms with van der Waals surface area (Å²) in [5.41, 5.74) is 0.800. The highest BCUT2D eigenvalue weighted by atomic mass is 16.5. The van der Waals surface area contributed by atoms with Gasteiger partial charge in [0.15, 0.2) is 0 Å². The first-order valence-electron chi connectivity index (χ1n) is 8.75. The topological polar surface area (TPSA) is 97.8 Å². The van der Waals surface area contributed by atoms with Crippen molar-refractivity contribution in [3.05, 3.63) is 59.4 Å². The number of ether oxygens (including phenoxy) is 2. The van der Waals surface area contributed by atoms with Gasteiger partial charge in [-0.25, -0.2) is 9.78 Å². The van der Waals surface area contributed by atoms with Gasteiger partial charge in [-0.3, -0.25) is 4.79 Å². The molecule has 1 saturated heterocycles. The molecule has 3 rings (SSSR count). The molecular weight excluding hydrogens is 348 g/mol. The molecule has 1 aromatic carbocycles. The summed E-state index contributed by atoms with van der Waals surface area (Å²) in [5, 5.41) is 12.0. The largest absolute Gasteiger partial charge is 0.497 e. The Balaban J connectivity index is 1.77.